The third kappa shape index (κ3) is 2.58. The van der Waals surface area contributed by atoms with Crippen molar-refractivity contribution in [1.29, 1.82) is 0 Å². The van der Waals surface area contributed by atoms with E-state index in [4.69, 9.17) is 4.74 Å². The van der Waals surface area contributed by atoms with E-state index in [0.717, 1.165) is 18.5 Å². The molecule has 94 valence electrons. The second-order valence-corrected chi connectivity index (χ2v) is 5.42. The van der Waals surface area contributed by atoms with Crippen molar-refractivity contribution in [3.05, 3.63) is 0 Å². The lowest BCUT2D eigenvalue weighted by molar-refractivity contribution is -0.0370. The summed E-state index contributed by atoms with van der Waals surface area (Å²) < 4.78 is 5.36. The predicted octanol–water partition coefficient (Wildman–Crippen LogP) is 1.48. The smallest absolute Gasteiger partial charge is 0.0601 e. The minimum atomic E-state index is 0.530. The topological polar surface area (TPSA) is 24.5 Å². The van der Waals surface area contributed by atoms with Crippen molar-refractivity contribution < 1.29 is 4.74 Å². The summed E-state index contributed by atoms with van der Waals surface area (Å²) in [5.41, 5.74) is 0. The van der Waals surface area contributed by atoms with E-state index in [-0.39, 0.29) is 0 Å². The Balaban J connectivity index is 1.79. The second-order valence-electron chi connectivity index (χ2n) is 5.42. The van der Waals surface area contributed by atoms with Crippen LogP contribution < -0.4 is 5.32 Å². The Morgan fingerprint density at radius 3 is 2.81 bits per heavy atom. The van der Waals surface area contributed by atoms with Gasteiger partial charge in [-0.15, -0.1) is 0 Å². The summed E-state index contributed by atoms with van der Waals surface area (Å²) in [5.74, 6) is 0.793. The highest BCUT2D eigenvalue weighted by Gasteiger charge is 2.36. The van der Waals surface area contributed by atoms with E-state index in [1.54, 1.807) is 0 Å². The molecule has 16 heavy (non-hydrogen) atoms. The fourth-order valence-electron chi connectivity index (χ4n) is 2.83. The number of rotatable bonds is 4. The minimum Gasteiger partial charge on any atom is -0.381 e. The molecular weight excluding hydrogens is 200 g/mol. The maximum atomic E-state index is 5.36. The van der Waals surface area contributed by atoms with Crippen LogP contribution in [0, 0.1) is 5.92 Å². The van der Waals surface area contributed by atoms with Gasteiger partial charge in [-0.25, -0.2) is 0 Å². The fraction of sp³-hybridized carbons (Fsp3) is 1.00. The molecule has 2 aliphatic rings. The van der Waals surface area contributed by atoms with Gasteiger partial charge in [-0.2, -0.15) is 0 Å². The maximum absolute atomic E-state index is 5.36. The van der Waals surface area contributed by atoms with Gasteiger partial charge in [0.25, 0.3) is 0 Å². The van der Waals surface area contributed by atoms with E-state index in [2.05, 4.69) is 24.1 Å². The molecule has 1 saturated heterocycles. The summed E-state index contributed by atoms with van der Waals surface area (Å²) >= 11 is 0. The van der Waals surface area contributed by atoms with Gasteiger partial charge in [0, 0.05) is 38.8 Å². The van der Waals surface area contributed by atoms with E-state index in [0.29, 0.717) is 12.1 Å². The average molecular weight is 226 g/mol. The van der Waals surface area contributed by atoms with Gasteiger partial charge in [0.1, 0.15) is 0 Å². The zero-order valence-corrected chi connectivity index (χ0v) is 10.9. The number of nitrogens with one attached hydrogen (secondary N) is 1. The van der Waals surface area contributed by atoms with Gasteiger partial charge in [0.2, 0.25) is 0 Å². The first kappa shape index (κ1) is 12.3. The molecule has 2 atom stereocenters. The molecule has 0 aromatic heterocycles. The molecular formula is C13H26N2O. The number of nitrogens with zero attached hydrogens (tertiary/aromatic N) is 1. The molecule has 1 aliphatic heterocycles. The lowest BCUT2D eigenvalue weighted by Crippen LogP contribution is -2.59. The monoisotopic (exact) mass is 226 g/mol. The summed E-state index contributed by atoms with van der Waals surface area (Å²) in [5, 5.41) is 3.66. The van der Waals surface area contributed by atoms with Crippen LogP contribution in [0.15, 0.2) is 0 Å². The van der Waals surface area contributed by atoms with Crippen molar-refractivity contribution in [3.63, 3.8) is 0 Å². The van der Waals surface area contributed by atoms with Gasteiger partial charge in [-0.3, -0.25) is 4.90 Å². The summed E-state index contributed by atoms with van der Waals surface area (Å²) in [4.78, 5) is 2.67. The van der Waals surface area contributed by atoms with Crippen molar-refractivity contribution in [2.75, 3.05) is 26.7 Å². The molecule has 1 N–H and O–H groups in total. The van der Waals surface area contributed by atoms with Crippen LogP contribution in [0.3, 0.4) is 0 Å². The number of piperazine rings is 1. The van der Waals surface area contributed by atoms with Crippen LogP contribution in [0.1, 0.15) is 33.1 Å². The van der Waals surface area contributed by atoms with Crippen LogP contribution in [-0.4, -0.2) is 49.8 Å². The molecule has 2 fully saturated rings. The normalized spacial score (nSPS) is 38.1. The molecule has 0 radical (unpaired) electrons. The Labute approximate surface area is 99.5 Å². The van der Waals surface area contributed by atoms with Gasteiger partial charge in [-0.05, 0) is 18.8 Å². The van der Waals surface area contributed by atoms with Gasteiger partial charge in [0.05, 0.1) is 6.10 Å². The quantitative estimate of drug-likeness (QED) is 0.786. The van der Waals surface area contributed by atoms with Gasteiger partial charge in [-0.1, -0.05) is 20.3 Å². The largest absolute Gasteiger partial charge is 0.381 e. The van der Waals surface area contributed by atoms with E-state index in [1.165, 1.54) is 32.4 Å². The molecule has 3 heteroatoms. The number of hydrogen-bond acceptors (Lipinski definition) is 3. The standard InChI is InChI=1S/C13H26N2O/c1-4-10(2)13-9-15(6-5-14-13)11-7-12(8-11)16-3/h10-14H,4-9H2,1-3H3. The molecule has 0 aromatic carbocycles. The van der Waals surface area contributed by atoms with Crippen LogP contribution in [-0.2, 0) is 4.74 Å². The Hall–Kier alpha value is -0.120. The van der Waals surface area contributed by atoms with Crippen LogP contribution in [0.2, 0.25) is 0 Å². The summed E-state index contributed by atoms with van der Waals surface area (Å²) in [7, 11) is 1.83. The Morgan fingerprint density at radius 1 is 1.44 bits per heavy atom. The lowest BCUT2D eigenvalue weighted by atomic mass is 9.86. The molecule has 0 aromatic rings. The van der Waals surface area contributed by atoms with Crippen molar-refractivity contribution in [1.82, 2.24) is 10.2 Å². The molecule has 2 rings (SSSR count). The maximum Gasteiger partial charge on any atom is 0.0601 e. The highest BCUT2D eigenvalue weighted by atomic mass is 16.5. The van der Waals surface area contributed by atoms with Crippen molar-refractivity contribution in [2.45, 2.75) is 51.3 Å². The fourth-order valence-corrected chi connectivity index (χ4v) is 2.83. The Morgan fingerprint density at radius 2 is 2.19 bits per heavy atom. The molecule has 0 bridgehead atoms. The Bertz CT molecular complexity index is 216. The molecule has 1 saturated carbocycles. The highest BCUT2D eigenvalue weighted by molar-refractivity contribution is 4.92. The van der Waals surface area contributed by atoms with Crippen LogP contribution in [0.25, 0.3) is 0 Å². The van der Waals surface area contributed by atoms with E-state index in [9.17, 15) is 0 Å². The van der Waals surface area contributed by atoms with E-state index in [1.807, 2.05) is 7.11 Å². The average Bonchev–Trinajstić information content (AvgIpc) is 2.27. The number of hydrogen-bond donors (Lipinski definition) is 1. The summed E-state index contributed by atoms with van der Waals surface area (Å²) in [6.07, 6.45) is 4.28. The van der Waals surface area contributed by atoms with Crippen molar-refractivity contribution in [3.8, 4) is 0 Å². The van der Waals surface area contributed by atoms with Crippen molar-refractivity contribution >= 4 is 0 Å². The minimum absolute atomic E-state index is 0.530. The van der Waals surface area contributed by atoms with Gasteiger partial charge >= 0.3 is 0 Å². The van der Waals surface area contributed by atoms with Crippen LogP contribution in [0.4, 0.5) is 0 Å². The van der Waals surface area contributed by atoms with Crippen LogP contribution in [0.5, 0.6) is 0 Å². The number of methoxy groups -OCH3 is 1. The van der Waals surface area contributed by atoms with E-state index < -0.39 is 0 Å². The molecule has 2 unspecified atom stereocenters. The summed E-state index contributed by atoms with van der Waals surface area (Å²) in [6, 6.07) is 1.49. The highest BCUT2D eigenvalue weighted by Crippen LogP contribution is 2.29. The molecule has 3 nitrogen and oxygen atoms in total. The molecule has 0 spiro atoms. The van der Waals surface area contributed by atoms with Gasteiger partial charge in [0.15, 0.2) is 0 Å². The first-order valence-electron chi connectivity index (χ1n) is 6.74. The molecule has 0 amide bonds. The zero-order valence-electron chi connectivity index (χ0n) is 10.9. The lowest BCUT2D eigenvalue weighted by Gasteiger charge is -2.46. The third-order valence-corrected chi connectivity index (χ3v) is 4.49. The third-order valence-electron chi connectivity index (χ3n) is 4.49. The Kier molecular flexibility index (Phi) is 4.22. The SMILES string of the molecule is CCC(C)C1CN(C2CC(OC)C2)CCN1. The summed E-state index contributed by atoms with van der Waals surface area (Å²) in [6.45, 7) is 8.25. The number of ether oxygens (including phenoxy) is 1. The zero-order chi connectivity index (χ0) is 11.5. The second kappa shape index (κ2) is 5.48. The van der Waals surface area contributed by atoms with Crippen molar-refractivity contribution in [2.24, 2.45) is 5.92 Å². The predicted molar refractivity (Wildman–Crippen MR) is 66.6 cm³/mol. The van der Waals surface area contributed by atoms with Gasteiger partial charge < -0.3 is 10.1 Å². The molecule has 1 heterocycles. The van der Waals surface area contributed by atoms with E-state index >= 15 is 0 Å². The first-order valence-corrected chi connectivity index (χ1v) is 6.74. The first-order chi connectivity index (χ1) is 7.74. The van der Waals surface area contributed by atoms with Crippen LogP contribution >= 0.6 is 0 Å². The molecule has 1 aliphatic carbocycles.